The van der Waals surface area contributed by atoms with Crippen molar-refractivity contribution in [2.75, 3.05) is 33.0 Å². The van der Waals surface area contributed by atoms with E-state index < -0.39 is 23.6 Å². The summed E-state index contributed by atoms with van der Waals surface area (Å²) in [6.45, 7) is 7.89. The highest BCUT2D eigenvalue weighted by Crippen LogP contribution is 2.23. The van der Waals surface area contributed by atoms with Crippen LogP contribution >= 0.6 is 37.9 Å². The fourth-order valence-electron chi connectivity index (χ4n) is 2.46. The number of hydrogen-bond donors (Lipinski definition) is 4. The maximum Gasteiger partial charge on any atom is 0.306 e. The number of aliphatic hydroxyl groups is 1. The molecule has 1 N–H and O–H groups in total. The lowest BCUT2D eigenvalue weighted by atomic mass is 9.92. The third kappa shape index (κ3) is 17.1. The van der Waals surface area contributed by atoms with Crippen molar-refractivity contribution >= 4 is 49.8 Å². The zero-order valence-corrected chi connectivity index (χ0v) is 21.8. The average Bonchev–Trinajstić information content (AvgIpc) is 2.65. The molecule has 0 aliphatic carbocycles. The summed E-state index contributed by atoms with van der Waals surface area (Å²) in [4.78, 5) is 24.2. The Morgan fingerprint density at radius 3 is 1.77 bits per heavy atom. The highest BCUT2D eigenvalue weighted by Gasteiger charge is 2.36. The fraction of sp³-hybridized carbons (Fsp3) is 0.905. The molecule has 4 atom stereocenters. The van der Waals surface area contributed by atoms with Crippen molar-refractivity contribution in [3.8, 4) is 0 Å². The lowest BCUT2D eigenvalue weighted by molar-refractivity contribution is -0.178. The molecule has 184 valence electrons. The predicted molar refractivity (Wildman–Crippen MR) is 131 cm³/mol. The molecular formula is C21H40O7S3. The Bertz CT molecular complexity index is 475. The number of carbonyl (C=O) groups is 2. The van der Waals surface area contributed by atoms with E-state index in [2.05, 4.69) is 37.9 Å². The lowest BCUT2D eigenvalue weighted by Crippen LogP contribution is -2.44. The van der Waals surface area contributed by atoms with Crippen molar-refractivity contribution in [3.63, 3.8) is 0 Å². The van der Waals surface area contributed by atoms with Crippen molar-refractivity contribution in [3.05, 3.63) is 0 Å². The van der Waals surface area contributed by atoms with Crippen LogP contribution in [0.15, 0.2) is 0 Å². The second-order valence-corrected chi connectivity index (χ2v) is 10.8. The third-order valence-corrected chi connectivity index (χ3v) is 4.83. The van der Waals surface area contributed by atoms with E-state index in [-0.39, 0.29) is 55.0 Å². The lowest BCUT2D eigenvalue weighted by Gasteiger charge is -2.33. The smallest absolute Gasteiger partial charge is 0.306 e. The van der Waals surface area contributed by atoms with E-state index in [0.717, 1.165) is 12.8 Å². The molecule has 0 aromatic carbocycles. The van der Waals surface area contributed by atoms with Gasteiger partial charge < -0.3 is 24.1 Å². The first-order valence-corrected chi connectivity index (χ1v) is 12.3. The van der Waals surface area contributed by atoms with Gasteiger partial charge in [0.05, 0.1) is 31.5 Å². The number of ether oxygens (including phenoxy) is 4. The van der Waals surface area contributed by atoms with Crippen molar-refractivity contribution in [2.45, 2.75) is 81.8 Å². The molecule has 0 aliphatic rings. The Balaban J connectivity index is 5.33. The largest absolute Gasteiger partial charge is 0.465 e. The van der Waals surface area contributed by atoms with Gasteiger partial charge >= 0.3 is 11.9 Å². The maximum absolute atomic E-state index is 12.1. The summed E-state index contributed by atoms with van der Waals surface area (Å²) in [5.74, 6) is -0.833. The zero-order chi connectivity index (χ0) is 23.9. The van der Waals surface area contributed by atoms with Gasteiger partial charge in [0.2, 0.25) is 0 Å². The van der Waals surface area contributed by atoms with E-state index in [0.29, 0.717) is 13.0 Å². The predicted octanol–water partition coefficient (Wildman–Crippen LogP) is 3.34. The molecule has 0 amide bonds. The highest BCUT2D eigenvalue weighted by molar-refractivity contribution is 7.81. The highest BCUT2D eigenvalue weighted by atomic mass is 32.1. The topological polar surface area (TPSA) is 91.3 Å². The Hall–Kier alpha value is -0.130. The van der Waals surface area contributed by atoms with Gasteiger partial charge in [-0.05, 0) is 12.8 Å². The van der Waals surface area contributed by atoms with Crippen LogP contribution in [0, 0.1) is 5.41 Å². The molecule has 0 rings (SSSR count). The van der Waals surface area contributed by atoms with Crippen LogP contribution in [0.4, 0.5) is 0 Å². The SMILES string of the molecule is CCCC(O)OCC(COCCC(C)S)(COC(=O)CC(C)S)COC(=O)CC(C)S. The van der Waals surface area contributed by atoms with E-state index in [1.165, 1.54) is 0 Å². The molecule has 4 unspecified atom stereocenters. The number of rotatable bonds is 18. The number of carbonyl (C=O) groups excluding carboxylic acids is 2. The minimum atomic E-state index is -0.969. The van der Waals surface area contributed by atoms with E-state index in [1.54, 1.807) is 13.8 Å². The van der Waals surface area contributed by atoms with Crippen molar-refractivity contribution in [2.24, 2.45) is 5.41 Å². The number of thiol groups is 3. The Morgan fingerprint density at radius 2 is 1.35 bits per heavy atom. The summed E-state index contributed by atoms with van der Waals surface area (Å²) >= 11 is 12.8. The maximum atomic E-state index is 12.1. The summed E-state index contributed by atoms with van der Waals surface area (Å²) in [5, 5.41) is 9.92. The van der Waals surface area contributed by atoms with Crippen LogP contribution in [0.25, 0.3) is 0 Å². The quantitative estimate of drug-likeness (QED) is 0.0993. The average molecular weight is 501 g/mol. The molecule has 0 aliphatic heterocycles. The molecule has 0 aromatic rings. The molecule has 0 saturated heterocycles. The van der Waals surface area contributed by atoms with E-state index in [4.69, 9.17) is 18.9 Å². The van der Waals surface area contributed by atoms with Crippen LogP contribution < -0.4 is 0 Å². The minimum absolute atomic E-state index is 0.00197. The van der Waals surface area contributed by atoms with E-state index in [9.17, 15) is 14.7 Å². The van der Waals surface area contributed by atoms with Gasteiger partial charge in [-0.1, -0.05) is 34.1 Å². The first-order chi connectivity index (χ1) is 14.5. The summed E-state index contributed by atoms with van der Waals surface area (Å²) < 4.78 is 22.3. The molecule has 0 bridgehead atoms. The molecule has 0 radical (unpaired) electrons. The normalized spacial score (nSPS) is 17.3. The standard InChI is InChI=1S/C21H40O7S3/c1-5-6-18(22)26-12-21(11-25-8-7-15(2)29,13-27-19(23)9-16(3)30)14-28-20(24)10-17(4)31/h15-18,22,29-31H,5-14H2,1-4H3. The van der Waals surface area contributed by atoms with Gasteiger partial charge in [-0.2, -0.15) is 37.9 Å². The Kier molecular flexibility index (Phi) is 17.3. The molecule has 10 heteroatoms. The summed E-state index contributed by atoms with van der Waals surface area (Å²) in [7, 11) is 0. The van der Waals surface area contributed by atoms with Crippen LogP contribution in [-0.2, 0) is 28.5 Å². The van der Waals surface area contributed by atoms with Crippen LogP contribution in [0.1, 0.15) is 59.8 Å². The minimum Gasteiger partial charge on any atom is -0.465 e. The van der Waals surface area contributed by atoms with Crippen molar-refractivity contribution in [1.82, 2.24) is 0 Å². The second-order valence-electron chi connectivity index (χ2n) is 8.17. The Labute approximate surface area is 203 Å². The van der Waals surface area contributed by atoms with Gasteiger partial charge in [0, 0.05) is 22.4 Å². The summed E-state index contributed by atoms with van der Waals surface area (Å²) in [6, 6.07) is 0. The van der Waals surface area contributed by atoms with Gasteiger partial charge in [-0.3, -0.25) is 9.59 Å². The van der Waals surface area contributed by atoms with Gasteiger partial charge in [-0.25, -0.2) is 0 Å². The third-order valence-electron chi connectivity index (χ3n) is 4.21. The summed E-state index contributed by atoms with van der Waals surface area (Å²) in [5.41, 5.74) is -0.959. The number of hydrogen-bond acceptors (Lipinski definition) is 10. The zero-order valence-electron chi connectivity index (χ0n) is 19.1. The Morgan fingerprint density at radius 1 is 0.839 bits per heavy atom. The molecular weight excluding hydrogens is 460 g/mol. The number of aliphatic hydroxyl groups excluding tert-OH is 1. The van der Waals surface area contributed by atoms with Gasteiger partial charge in [0.1, 0.15) is 13.2 Å². The number of esters is 2. The van der Waals surface area contributed by atoms with Gasteiger partial charge in [0.15, 0.2) is 6.29 Å². The molecule has 0 heterocycles. The van der Waals surface area contributed by atoms with Gasteiger partial charge in [-0.15, -0.1) is 0 Å². The first kappa shape index (κ1) is 30.9. The van der Waals surface area contributed by atoms with Crippen LogP contribution in [-0.4, -0.2) is 72.1 Å². The molecule has 0 saturated carbocycles. The van der Waals surface area contributed by atoms with E-state index >= 15 is 0 Å². The summed E-state index contributed by atoms with van der Waals surface area (Å²) in [6.07, 6.45) is 1.26. The molecule has 0 fully saturated rings. The van der Waals surface area contributed by atoms with Gasteiger partial charge in [0.25, 0.3) is 0 Å². The molecule has 0 spiro atoms. The fourth-order valence-corrected chi connectivity index (χ4v) is 2.87. The van der Waals surface area contributed by atoms with Crippen LogP contribution in [0.3, 0.4) is 0 Å². The van der Waals surface area contributed by atoms with Crippen molar-refractivity contribution < 1.29 is 33.6 Å². The molecule has 0 aromatic heterocycles. The first-order valence-electron chi connectivity index (χ1n) is 10.7. The molecule has 7 nitrogen and oxygen atoms in total. The molecule has 31 heavy (non-hydrogen) atoms. The monoisotopic (exact) mass is 500 g/mol. The van der Waals surface area contributed by atoms with Crippen LogP contribution in [0.5, 0.6) is 0 Å². The van der Waals surface area contributed by atoms with Crippen molar-refractivity contribution in [1.29, 1.82) is 0 Å². The van der Waals surface area contributed by atoms with Crippen LogP contribution in [0.2, 0.25) is 0 Å². The second kappa shape index (κ2) is 17.4. The van der Waals surface area contributed by atoms with E-state index in [1.807, 2.05) is 13.8 Å².